The molecule has 5 nitrogen and oxygen atoms in total. The Morgan fingerprint density at radius 1 is 1.15 bits per heavy atom. The van der Waals surface area contributed by atoms with E-state index in [0.29, 0.717) is 21.8 Å². The average Bonchev–Trinajstić information content (AvgIpc) is 2.45. The van der Waals surface area contributed by atoms with Crippen LogP contribution in [0.2, 0.25) is 0 Å². The normalized spacial score (nSPS) is 10.2. The lowest BCUT2D eigenvalue weighted by Gasteiger charge is -2.10. The molecule has 0 aliphatic rings. The number of nitrogens with zero attached hydrogens (tertiary/aromatic N) is 1. The minimum atomic E-state index is -1.00. The number of ether oxygens (including phenoxy) is 2. The molecule has 0 saturated heterocycles. The van der Waals surface area contributed by atoms with Gasteiger partial charge in [0.25, 0.3) is 0 Å². The highest BCUT2D eigenvalue weighted by molar-refractivity contribution is 9.10. The molecule has 6 heteroatoms. The summed E-state index contributed by atoms with van der Waals surface area (Å²) in [6.45, 7) is 0. The van der Waals surface area contributed by atoms with Crippen molar-refractivity contribution in [1.29, 1.82) is 0 Å². The second-order valence-corrected chi connectivity index (χ2v) is 4.75. The number of rotatable bonds is 4. The van der Waals surface area contributed by atoms with E-state index >= 15 is 0 Å². The van der Waals surface area contributed by atoms with Gasteiger partial charge in [0.15, 0.2) is 11.5 Å². The Bertz CT molecular complexity index is 658. The highest BCUT2D eigenvalue weighted by Gasteiger charge is 2.11. The lowest BCUT2D eigenvalue weighted by atomic mass is 10.1. The number of hydrogen-bond donors (Lipinski definition) is 1. The highest BCUT2D eigenvalue weighted by atomic mass is 79.9. The van der Waals surface area contributed by atoms with Crippen molar-refractivity contribution in [2.45, 2.75) is 0 Å². The van der Waals surface area contributed by atoms with Crippen molar-refractivity contribution in [1.82, 2.24) is 4.98 Å². The number of carboxylic acids is 1. The van der Waals surface area contributed by atoms with Gasteiger partial charge in [0.05, 0.1) is 25.5 Å². The summed E-state index contributed by atoms with van der Waals surface area (Å²) >= 11 is 3.21. The molecule has 104 valence electrons. The van der Waals surface area contributed by atoms with Gasteiger partial charge in [-0.25, -0.2) is 9.78 Å². The van der Waals surface area contributed by atoms with Crippen molar-refractivity contribution in [3.8, 4) is 22.8 Å². The Hall–Kier alpha value is -2.08. The van der Waals surface area contributed by atoms with Crippen molar-refractivity contribution in [3.63, 3.8) is 0 Å². The van der Waals surface area contributed by atoms with Crippen LogP contribution in [0.1, 0.15) is 10.4 Å². The first-order chi connectivity index (χ1) is 9.55. The maximum atomic E-state index is 11.1. The van der Waals surface area contributed by atoms with E-state index in [9.17, 15) is 4.79 Å². The van der Waals surface area contributed by atoms with Gasteiger partial charge in [0.2, 0.25) is 0 Å². The number of carboxylic acid groups (broad SMARTS) is 1. The monoisotopic (exact) mass is 337 g/mol. The molecular weight excluding hydrogens is 326 g/mol. The number of hydrogen-bond acceptors (Lipinski definition) is 4. The van der Waals surface area contributed by atoms with E-state index in [1.54, 1.807) is 32.4 Å². The fourth-order valence-electron chi connectivity index (χ4n) is 1.76. The van der Waals surface area contributed by atoms with Gasteiger partial charge in [-0.2, -0.15) is 0 Å². The van der Waals surface area contributed by atoms with Gasteiger partial charge in [0.1, 0.15) is 4.60 Å². The number of carbonyl (C=O) groups is 1. The van der Waals surface area contributed by atoms with Crippen LogP contribution in [0.3, 0.4) is 0 Å². The Morgan fingerprint density at radius 2 is 1.85 bits per heavy atom. The van der Waals surface area contributed by atoms with E-state index in [2.05, 4.69) is 20.9 Å². The molecule has 0 radical (unpaired) electrons. The van der Waals surface area contributed by atoms with Crippen molar-refractivity contribution in [2.24, 2.45) is 0 Å². The molecule has 1 N–H and O–H groups in total. The van der Waals surface area contributed by atoms with Gasteiger partial charge in [-0.1, -0.05) is 0 Å². The van der Waals surface area contributed by atoms with E-state index in [1.165, 1.54) is 12.1 Å². The molecule has 0 fully saturated rings. The van der Waals surface area contributed by atoms with Gasteiger partial charge < -0.3 is 14.6 Å². The molecule has 0 saturated carbocycles. The first-order valence-corrected chi connectivity index (χ1v) is 6.47. The molecule has 0 aliphatic carbocycles. The molecule has 1 aromatic carbocycles. The minimum absolute atomic E-state index is 0.164. The Balaban J connectivity index is 2.53. The molecule has 1 aromatic heterocycles. The Labute approximate surface area is 124 Å². The summed E-state index contributed by atoms with van der Waals surface area (Å²) in [6.07, 6.45) is 0. The fraction of sp³-hybridized carbons (Fsp3) is 0.143. The zero-order chi connectivity index (χ0) is 14.7. The summed E-state index contributed by atoms with van der Waals surface area (Å²) in [5, 5.41) is 9.07. The van der Waals surface area contributed by atoms with Crippen LogP contribution in [-0.2, 0) is 0 Å². The smallest absolute Gasteiger partial charge is 0.335 e. The second kappa shape index (κ2) is 5.92. The van der Waals surface area contributed by atoms with E-state index in [1.807, 2.05) is 0 Å². The predicted octanol–water partition coefficient (Wildman–Crippen LogP) is 3.23. The van der Waals surface area contributed by atoms with Crippen LogP contribution >= 0.6 is 15.9 Å². The van der Waals surface area contributed by atoms with Crippen LogP contribution in [0.5, 0.6) is 11.5 Å². The maximum Gasteiger partial charge on any atom is 0.335 e. The van der Waals surface area contributed by atoms with Crippen LogP contribution in [-0.4, -0.2) is 30.3 Å². The fourth-order valence-corrected chi connectivity index (χ4v) is 2.20. The molecule has 0 bridgehead atoms. The summed E-state index contributed by atoms with van der Waals surface area (Å²) in [5.74, 6) is 0.156. The lowest BCUT2D eigenvalue weighted by molar-refractivity contribution is 0.0696. The first-order valence-electron chi connectivity index (χ1n) is 5.68. The number of benzene rings is 1. The number of aromatic carboxylic acids is 1. The maximum absolute atomic E-state index is 11.1. The van der Waals surface area contributed by atoms with Crippen LogP contribution < -0.4 is 9.47 Å². The second-order valence-electron chi connectivity index (χ2n) is 3.94. The number of aromatic nitrogens is 1. The van der Waals surface area contributed by atoms with Gasteiger partial charge in [-0.3, -0.25) is 0 Å². The van der Waals surface area contributed by atoms with Gasteiger partial charge in [0, 0.05) is 5.56 Å². The Morgan fingerprint density at radius 3 is 2.45 bits per heavy atom. The third-order valence-corrected chi connectivity index (χ3v) is 3.13. The minimum Gasteiger partial charge on any atom is -0.493 e. The van der Waals surface area contributed by atoms with Crippen LogP contribution in [0.4, 0.5) is 0 Å². The van der Waals surface area contributed by atoms with Gasteiger partial charge in [-0.05, 0) is 46.3 Å². The van der Waals surface area contributed by atoms with Crippen molar-refractivity contribution in [3.05, 3.63) is 40.5 Å². The van der Waals surface area contributed by atoms with Gasteiger partial charge in [-0.15, -0.1) is 0 Å². The zero-order valence-corrected chi connectivity index (χ0v) is 12.5. The average molecular weight is 338 g/mol. The molecule has 0 aliphatic heterocycles. The summed E-state index contributed by atoms with van der Waals surface area (Å²) in [7, 11) is 3.09. The van der Waals surface area contributed by atoms with E-state index in [4.69, 9.17) is 14.6 Å². The predicted molar refractivity (Wildman–Crippen MR) is 77.4 cm³/mol. The SMILES string of the molecule is COc1ccc(-c2cc(C(=O)O)cc(Br)n2)cc1OC. The number of methoxy groups -OCH3 is 2. The topological polar surface area (TPSA) is 68.7 Å². The molecule has 20 heavy (non-hydrogen) atoms. The molecule has 2 rings (SSSR count). The largest absolute Gasteiger partial charge is 0.493 e. The summed E-state index contributed by atoms with van der Waals surface area (Å²) in [5.41, 5.74) is 1.45. The van der Waals surface area contributed by atoms with Gasteiger partial charge >= 0.3 is 5.97 Å². The molecule has 0 spiro atoms. The summed E-state index contributed by atoms with van der Waals surface area (Å²) < 4.78 is 10.8. The van der Waals surface area contributed by atoms with Crippen molar-refractivity contribution in [2.75, 3.05) is 14.2 Å². The quantitative estimate of drug-likeness (QED) is 0.867. The highest BCUT2D eigenvalue weighted by Crippen LogP contribution is 2.32. The third-order valence-electron chi connectivity index (χ3n) is 2.72. The summed E-state index contributed by atoms with van der Waals surface area (Å²) in [6, 6.07) is 8.25. The van der Waals surface area contributed by atoms with E-state index in [0.717, 1.165) is 5.56 Å². The molecular formula is C14H12BrNO4. The van der Waals surface area contributed by atoms with Crippen LogP contribution in [0.25, 0.3) is 11.3 Å². The molecule has 0 amide bonds. The zero-order valence-electron chi connectivity index (χ0n) is 10.9. The van der Waals surface area contributed by atoms with Crippen LogP contribution in [0, 0.1) is 0 Å². The Kier molecular flexibility index (Phi) is 4.24. The molecule has 2 aromatic rings. The van der Waals surface area contributed by atoms with Crippen molar-refractivity contribution >= 4 is 21.9 Å². The first kappa shape index (κ1) is 14.3. The third kappa shape index (κ3) is 2.91. The number of halogens is 1. The van der Waals surface area contributed by atoms with E-state index < -0.39 is 5.97 Å². The van der Waals surface area contributed by atoms with E-state index in [-0.39, 0.29) is 5.56 Å². The number of pyridine rings is 1. The van der Waals surface area contributed by atoms with Crippen molar-refractivity contribution < 1.29 is 19.4 Å². The lowest BCUT2D eigenvalue weighted by Crippen LogP contribution is -1.99. The summed E-state index contributed by atoms with van der Waals surface area (Å²) in [4.78, 5) is 15.3. The molecule has 0 unspecified atom stereocenters. The molecule has 1 heterocycles. The van der Waals surface area contributed by atoms with Crippen LogP contribution in [0.15, 0.2) is 34.9 Å². The standard InChI is InChI=1S/C14H12BrNO4/c1-19-11-4-3-8(6-12(11)20-2)10-5-9(14(17)18)7-13(15)16-10/h3-7H,1-2H3,(H,17,18). The molecule has 0 atom stereocenters.